The average Bonchev–Trinajstić information content (AvgIpc) is 2.21. The molecule has 1 rings (SSSR count). The molecule has 0 aliphatic heterocycles. The SMILES string of the molecule is CNCc1ccc(SCCC(C)C)cc1C. The zero-order valence-electron chi connectivity index (χ0n) is 10.8. The zero-order chi connectivity index (χ0) is 12.0. The number of hydrogen-bond acceptors (Lipinski definition) is 2. The van der Waals surface area contributed by atoms with Gasteiger partial charge < -0.3 is 5.32 Å². The molecule has 0 radical (unpaired) electrons. The van der Waals surface area contributed by atoms with Crippen molar-refractivity contribution in [2.75, 3.05) is 12.8 Å². The van der Waals surface area contributed by atoms with Gasteiger partial charge in [0.15, 0.2) is 0 Å². The highest BCUT2D eigenvalue weighted by molar-refractivity contribution is 7.99. The second kappa shape index (κ2) is 6.97. The van der Waals surface area contributed by atoms with Crippen LogP contribution in [0.2, 0.25) is 0 Å². The molecular formula is C14H23NS. The van der Waals surface area contributed by atoms with Gasteiger partial charge in [-0.1, -0.05) is 19.9 Å². The summed E-state index contributed by atoms with van der Waals surface area (Å²) in [5.74, 6) is 2.03. The normalized spacial score (nSPS) is 11.1. The van der Waals surface area contributed by atoms with Gasteiger partial charge in [0.2, 0.25) is 0 Å². The van der Waals surface area contributed by atoms with Gasteiger partial charge in [-0.25, -0.2) is 0 Å². The molecule has 0 saturated carbocycles. The minimum atomic E-state index is 0.803. The maximum atomic E-state index is 3.20. The Hall–Kier alpha value is -0.470. The second-order valence-corrected chi connectivity index (χ2v) is 5.82. The molecule has 2 heteroatoms. The van der Waals surface area contributed by atoms with E-state index in [4.69, 9.17) is 0 Å². The fraction of sp³-hybridized carbons (Fsp3) is 0.571. The fourth-order valence-electron chi connectivity index (χ4n) is 1.56. The van der Waals surface area contributed by atoms with Crippen LogP contribution in [0.25, 0.3) is 0 Å². The third-order valence-corrected chi connectivity index (χ3v) is 3.67. The van der Waals surface area contributed by atoms with Gasteiger partial charge in [-0.05, 0) is 55.3 Å². The van der Waals surface area contributed by atoms with E-state index in [1.165, 1.54) is 28.2 Å². The Morgan fingerprint density at radius 1 is 1.31 bits per heavy atom. The summed E-state index contributed by atoms with van der Waals surface area (Å²) < 4.78 is 0. The molecule has 0 heterocycles. The van der Waals surface area contributed by atoms with Crippen LogP contribution in [0.4, 0.5) is 0 Å². The van der Waals surface area contributed by atoms with E-state index in [9.17, 15) is 0 Å². The molecule has 1 aromatic carbocycles. The highest BCUT2D eigenvalue weighted by atomic mass is 32.2. The summed E-state index contributed by atoms with van der Waals surface area (Å²) in [4.78, 5) is 1.40. The molecule has 0 aliphatic rings. The molecule has 0 saturated heterocycles. The molecule has 1 nitrogen and oxygen atoms in total. The van der Waals surface area contributed by atoms with Crippen LogP contribution in [-0.2, 0) is 6.54 Å². The number of benzene rings is 1. The van der Waals surface area contributed by atoms with E-state index in [0.717, 1.165) is 12.5 Å². The van der Waals surface area contributed by atoms with Gasteiger partial charge in [0, 0.05) is 11.4 Å². The molecule has 0 amide bonds. The number of hydrogen-bond donors (Lipinski definition) is 1. The van der Waals surface area contributed by atoms with E-state index in [0.29, 0.717) is 0 Å². The van der Waals surface area contributed by atoms with E-state index in [2.05, 4.69) is 44.3 Å². The summed E-state index contributed by atoms with van der Waals surface area (Å²) in [5, 5.41) is 3.20. The van der Waals surface area contributed by atoms with Crippen LogP contribution in [0, 0.1) is 12.8 Å². The van der Waals surface area contributed by atoms with Crippen molar-refractivity contribution in [3.8, 4) is 0 Å². The molecule has 16 heavy (non-hydrogen) atoms. The van der Waals surface area contributed by atoms with Crippen molar-refractivity contribution < 1.29 is 0 Å². The van der Waals surface area contributed by atoms with E-state index in [-0.39, 0.29) is 0 Å². The lowest BCUT2D eigenvalue weighted by Crippen LogP contribution is -2.06. The monoisotopic (exact) mass is 237 g/mol. The Bertz CT molecular complexity index is 321. The van der Waals surface area contributed by atoms with Crippen molar-refractivity contribution >= 4 is 11.8 Å². The molecule has 0 aliphatic carbocycles. The summed E-state index contributed by atoms with van der Waals surface area (Å²) in [5.41, 5.74) is 2.79. The van der Waals surface area contributed by atoms with Crippen LogP contribution in [0.1, 0.15) is 31.4 Å². The first kappa shape index (κ1) is 13.6. The highest BCUT2D eigenvalue weighted by Gasteiger charge is 2.01. The van der Waals surface area contributed by atoms with Gasteiger partial charge >= 0.3 is 0 Å². The molecule has 1 N–H and O–H groups in total. The first-order valence-corrected chi connectivity index (χ1v) is 6.99. The summed E-state index contributed by atoms with van der Waals surface area (Å²) in [6.07, 6.45) is 1.29. The van der Waals surface area contributed by atoms with E-state index in [1.807, 2.05) is 18.8 Å². The molecular weight excluding hydrogens is 214 g/mol. The average molecular weight is 237 g/mol. The third kappa shape index (κ3) is 4.58. The third-order valence-electron chi connectivity index (χ3n) is 2.65. The van der Waals surface area contributed by atoms with Crippen LogP contribution in [0.3, 0.4) is 0 Å². The first-order valence-electron chi connectivity index (χ1n) is 6.00. The predicted molar refractivity (Wildman–Crippen MR) is 74.1 cm³/mol. The van der Waals surface area contributed by atoms with Crippen molar-refractivity contribution in [1.29, 1.82) is 0 Å². The fourth-order valence-corrected chi connectivity index (χ4v) is 2.81. The lowest BCUT2D eigenvalue weighted by molar-refractivity contribution is 0.632. The number of aryl methyl sites for hydroxylation is 1. The van der Waals surface area contributed by atoms with Crippen LogP contribution in [0.15, 0.2) is 23.1 Å². The lowest BCUT2D eigenvalue weighted by atomic mass is 10.1. The van der Waals surface area contributed by atoms with Gasteiger partial charge in [-0.2, -0.15) is 0 Å². The zero-order valence-corrected chi connectivity index (χ0v) is 11.7. The lowest BCUT2D eigenvalue weighted by Gasteiger charge is -2.08. The summed E-state index contributed by atoms with van der Waals surface area (Å²) in [7, 11) is 1.99. The predicted octanol–water partition coefficient (Wildman–Crippen LogP) is 3.85. The quantitative estimate of drug-likeness (QED) is 0.754. The maximum Gasteiger partial charge on any atom is 0.0205 e. The molecule has 0 unspecified atom stereocenters. The first-order chi connectivity index (χ1) is 7.63. The van der Waals surface area contributed by atoms with Crippen LogP contribution in [0.5, 0.6) is 0 Å². The van der Waals surface area contributed by atoms with E-state index in [1.54, 1.807) is 0 Å². The Morgan fingerprint density at radius 2 is 2.06 bits per heavy atom. The standard InChI is InChI=1S/C14H23NS/c1-11(2)7-8-16-14-6-5-13(10-15-4)12(3)9-14/h5-6,9,11,15H,7-8,10H2,1-4H3. The number of nitrogens with one attached hydrogen (secondary N) is 1. The van der Waals surface area contributed by atoms with Gasteiger partial charge in [-0.15, -0.1) is 11.8 Å². The molecule has 0 aromatic heterocycles. The molecule has 0 spiro atoms. The van der Waals surface area contributed by atoms with Crippen LogP contribution >= 0.6 is 11.8 Å². The smallest absolute Gasteiger partial charge is 0.0205 e. The Labute approximate surface area is 104 Å². The van der Waals surface area contributed by atoms with Gasteiger partial charge in [0.05, 0.1) is 0 Å². The summed E-state index contributed by atoms with van der Waals surface area (Å²) in [6, 6.07) is 6.78. The molecule has 0 atom stereocenters. The van der Waals surface area contributed by atoms with Crippen molar-refractivity contribution in [2.24, 2.45) is 5.92 Å². The minimum absolute atomic E-state index is 0.803. The Kier molecular flexibility index (Phi) is 5.93. The number of rotatable bonds is 6. The maximum absolute atomic E-state index is 3.20. The van der Waals surface area contributed by atoms with E-state index < -0.39 is 0 Å². The second-order valence-electron chi connectivity index (χ2n) is 4.65. The van der Waals surface area contributed by atoms with Crippen molar-refractivity contribution in [2.45, 2.75) is 38.6 Å². The molecule has 90 valence electrons. The summed E-state index contributed by atoms with van der Waals surface area (Å²) in [6.45, 7) is 7.71. The Morgan fingerprint density at radius 3 is 2.62 bits per heavy atom. The van der Waals surface area contributed by atoms with E-state index >= 15 is 0 Å². The van der Waals surface area contributed by atoms with Crippen LogP contribution in [-0.4, -0.2) is 12.8 Å². The number of thioether (sulfide) groups is 1. The topological polar surface area (TPSA) is 12.0 Å². The van der Waals surface area contributed by atoms with Crippen LogP contribution < -0.4 is 5.32 Å². The van der Waals surface area contributed by atoms with Crippen molar-refractivity contribution in [3.63, 3.8) is 0 Å². The largest absolute Gasteiger partial charge is 0.316 e. The molecule has 1 aromatic rings. The Balaban J connectivity index is 2.52. The molecule has 0 bridgehead atoms. The summed E-state index contributed by atoms with van der Waals surface area (Å²) >= 11 is 1.97. The highest BCUT2D eigenvalue weighted by Crippen LogP contribution is 2.23. The minimum Gasteiger partial charge on any atom is -0.316 e. The van der Waals surface area contributed by atoms with Gasteiger partial charge in [0.25, 0.3) is 0 Å². The van der Waals surface area contributed by atoms with Crippen molar-refractivity contribution in [3.05, 3.63) is 29.3 Å². The van der Waals surface area contributed by atoms with Gasteiger partial charge in [-0.3, -0.25) is 0 Å². The molecule has 0 fully saturated rings. The van der Waals surface area contributed by atoms with Gasteiger partial charge in [0.1, 0.15) is 0 Å². The van der Waals surface area contributed by atoms with Crippen molar-refractivity contribution in [1.82, 2.24) is 5.32 Å².